The Labute approximate surface area is 100 Å². The van der Waals surface area contributed by atoms with Gasteiger partial charge in [-0.25, -0.2) is 23.7 Å². The minimum absolute atomic E-state index is 0.0484. The summed E-state index contributed by atoms with van der Waals surface area (Å²) in [5.41, 5.74) is 6.15. The second-order valence-corrected chi connectivity index (χ2v) is 4.24. The second-order valence-electron chi connectivity index (χ2n) is 3.29. The highest BCUT2D eigenvalue weighted by molar-refractivity contribution is 7.99. The smallest absolute Gasteiger partial charge is 0.193 e. The van der Waals surface area contributed by atoms with Gasteiger partial charge in [-0.15, -0.1) is 0 Å². The van der Waals surface area contributed by atoms with Crippen LogP contribution in [0.15, 0.2) is 28.6 Å². The fraction of sp³-hybridized carbons (Fsp3) is 0.100. The molecule has 0 aliphatic rings. The van der Waals surface area contributed by atoms with Crippen molar-refractivity contribution in [1.82, 2.24) is 15.0 Å². The van der Waals surface area contributed by atoms with Crippen molar-refractivity contribution in [2.75, 3.05) is 5.73 Å². The minimum atomic E-state index is -0.878. The number of anilines is 1. The molecule has 0 aliphatic carbocycles. The first-order valence-corrected chi connectivity index (χ1v) is 5.46. The van der Waals surface area contributed by atoms with E-state index >= 15 is 0 Å². The van der Waals surface area contributed by atoms with Gasteiger partial charge in [0.2, 0.25) is 0 Å². The van der Waals surface area contributed by atoms with Crippen LogP contribution in [0, 0.1) is 18.6 Å². The summed E-state index contributed by atoms with van der Waals surface area (Å²) in [6.07, 6.45) is 3.19. The first kappa shape index (κ1) is 11.7. The zero-order valence-electron chi connectivity index (χ0n) is 8.82. The van der Waals surface area contributed by atoms with Crippen LogP contribution in [0.1, 0.15) is 5.56 Å². The molecule has 0 spiro atoms. The standard InChI is InChI=1S/C10H8F2N4S/c1-5-3-14-10(15-4-5)17-9-7(12)2-6(11)8(13)16-9/h2-4H,1H3,(H2,13,16). The molecule has 2 rings (SSSR count). The average Bonchev–Trinajstić information content (AvgIpc) is 2.29. The summed E-state index contributed by atoms with van der Waals surface area (Å²) in [6, 6.07) is 0.693. The molecule has 0 atom stereocenters. The van der Waals surface area contributed by atoms with Gasteiger partial charge in [0, 0.05) is 18.5 Å². The molecule has 0 bridgehead atoms. The molecule has 0 amide bonds. The van der Waals surface area contributed by atoms with Gasteiger partial charge in [-0.3, -0.25) is 0 Å². The van der Waals surface area contributed by atoms with E-state index in [1.54, 1.807) is 12.4 Å². The van der Waals surface area contributed by atoms with E-state index in [1.807, 2.05) is 6.92 Å². The number of hydrogen-bond donors (Lipinski definition) is 1. The van der Waals surface area contributed by atoms with Gasteiger partial charge in [0.15, 0.2) is 22.6 Å². The number of nitrogen functional groups attached to an aromatic ring is 1. The maximum atomic E-state index is 13.4. The highest BCUT2D eigenvalue weighted by Gasteiger charge is 2.12. The van der Waals surface area contributed by atoms with Crippen LogP contribution in [0.5, 0.6) is 0 Å². The third kappa shape index (κ3) is 2.68. The molecule has 0 aliphatic heterocycles. The van der Waals surface area contributed by atoms with Crippen molar-refractivity contribution in [2.45, 2.75) is 17.1 Å². The number of hydrogen-bond acceptors (Lipinski definition) is 5. The summed E-state index contributed by atoms with van der Waals surface area (Å²) in [5, 5.41) is 0.278. The minimum Gasteiger partial charge on any atom is -0.381 e. The van der Waals surface area contributed by atoms with Gasteiger partial charge >= 0.3 is 0 Å². The van der Waals surface area contributed by atoms with E-state index in [9.17, 15) is 8.78 Å². The van der Waals surface area contributed by atoms with Crippen molar-refractivity contribution in [1.29, 1.82) is 0 Å². The predicted molar refractivity (Wildman–Crippen MR) is 59.5 cm³/mol. The molecule has 4 nitrogen and oxygen atoms in total. The third-order valence-corrected chi connectivity index (χ3v) is 2.74. The Morgan fingerprint density at radius 3 is 2.47 bits per heavy atom. The fourth-order valence-corrected chi connectivity index (χ4v) is 1.74. The molecular formula is C10H8F2N4S. The molecule has 17 heavy (non-hydrogen) atoms. The quantitative estimate of drug-likeness (QED) is 0.832. The first-order chi connectivity index (χ1) is 8.06. The van der Waals surface area contributed by atoms with E-state index in [0.29, 0.717) is 11.2 Å². The third-order valence-electron chi connectivity index (χ3n) is 1.87. The highest BCUT2D eigenvalue weighted by atomic mass is 32.2. The van der Waals surface area contributed by atoms with E-state index in [1.165, 1.54) is 0 Å². The lowest BCUT2D eigenvalue weighted by Gasteiger charge is -2.03. The van der Waals surface area contributed by atoms with E-state index < -0.39 is 11.6 Å². The molecule has 2 aromatic rings. The molecule has 7 heteroatoms. The zero-order chi connectivity index (χ0) is 12.4. The summed E-state index contributed by atoms with van der Waals surface area (Å²) >= 11 is 0.891. The number of aryl methyl sites for hydroxylation is 1. The van der Waals surface area contributed by atoms with Crippen molar-refractivity contribution < 1.29 is 8.78 Å². The lowest BCUT2D eigenvalue weighted by atomic mass is 10.4. The predicted octanol–water partition coefficient (Wildman–Crippen LogP) is 2.19. The summed E-state index contributed by atoms with van der Waals surface area (Å²) in [5.74, 6) is -2.01. The Kier molecular flexibility index (Phi) is 3.19. The molecule has 0 unspecified atom stereocenters. The maximum absolute atomic E-state index is 13.4. The van der Waals surface area contributed by atoms with Crippen LogP contribution >= 0.6 is 11.8 Å². The molecule has 0 saturated carbocycles. The van der Waals surface area contributed by atoms with Crippen LogP contribution in [0.2, 0.25) is 0 Å². The monoisotopic (exact) mass is 254 g/mol. The van der Waals surface area contributed by atoms with Gasteiger partial charge < -0.3 is 5.73 Å². The van der Waals surface area contributed by atoms with Crippen LogP contribution < -0.4 is 5.73 Å². The topological polar surface area (TPSA) is 64.7 Å². The number of halogens is 2. The summed E-state index contributed by atoms with van der Waals surface area (Å²) < 4.78 is 26.2. The van der Waals surface area contributed by atoms with Crippen molar-refractivity contribution in [3.63, 3.8) is 0 Å². The molecule has 0 aromatic carbocycles. The van der Waals surface area contributed by atoms with E-state index in [2.05, 4.69) is 15.0 Å². The largest absolute Gasteiger partial charge is 0.381 e. The van der Waals surface area contributed by atoms with Crippen LogP contribution in [0.3, 0.4) is 0 Å². The highest BCUT2D eigenvalue weighted by Crippen LogP contribution is 2.26. The van der Waals surface area contributed by atoms with Gasteiger partial charge in [0.1, 0.15) is 5.03 Å². The van der Waals surface area contributed by atoms with E-state index in [0.717, 1.165) is 17.3 Å². The van der Waals surface area contributed by atoms with Gasteiger partial charge in [0.25, 0.3) is 0 Å². The number of nitrogens with two attached hydrogens (primary N) is 1. The SMILES string of the molecule is Cc1cnc(Sc2nc(N)c(F)cc2F)nc1. The lowest BCUT2D eigenvalue weighted by Crippen LogP contribution is -1.99. The molecule has 0 fully saturated rings. The average molecular weight is 254 g/mol. The van der Waals surface area contributed by atoms with E-state index in [4.69, 9.17) is 5.73 Å². The van der Waals surface area contributed by atoms with E-state index in [-0.39, 0.29) is 10.8 Å². The first-order valence-electron chi connectivity index (χ1n) is 4.64. The number of nitrogens with zero attached hydrogens (tertiary/aromatic N) is 3. The molecular weight excluding hydrogens is 246 g/mol. The van der Waals surface area contributed by atoms with Gasteiger partial charge in [-0.2, -0.15) is 0 Å². The van der Waals surface area contributed by atoms with Crippen molar-refractivity contribution in [3.05, 3.63) is 35.7 Å². The zero-order valence-corrected chi connectivity index (χ0v) is 9.63. The second kappa shape index (κ2) is 4.62. The van der Waals surface area contributed by atoms with Crippen LogP contribution in [0.4, 0.5) is 14.6 Å². The molecule has 2 heterocycles. The Bertz CT molecular complexity index is 545. The lowest BCUT2D eigenvalue weighted by molar-refractivity contribution is 0.552. The molecule has 0 saturated heterocycles. The Hall–Kier alpha value is -1.76. The van der Waals surface area contributed by atoms with Gasteiger partial charge in [-0.05, 0) is 24.2 Å². The molecule has 2 N–H and O–H groups in total. The fourth-order valence-electron chi connectivity index (χ4n) is 1.05. The Morgan fingerprint density at radius 2 is 1.82 bits per heavy atom. The summed E-state index contributed by atoms with van der Waals surface area (Å²) in [4.78, 5) is 11.6. The van der Waals surface area contributed by atoms with Gasteiger partial charge in [-0.1, -0.05) is 0 Å². The number of aromatic nitrogens is 3. The van der Waals surface area contributed by atoms with Crippen LogP contribution in [-0.2, 0) is 0 Å². The number of rotatable bonds is 2. The molecule has 0 radical (unpaired) electrons. The molecule has 88 valence electrons. The van der Waals surface area contributed by atoms with Crippen molar-refractivity contribution in [2.24, 2.45) is 0 Å². The van der Waals surface area contributed by atoms with Crippen molar-refractivity contribution >= 4 is 17.6 Å². The maximum Gasteiger partial charge on any atom is 0.193 e. The van der Waals surface area contributed by atoms with Crippen LogP contribution in [-0.4, -0.2) is 15.0 Å². The van der Waals surface area contributed by atoms with Gasteiger partial charge in [0.05, 0.1) is 0 Å². The van der Waals surface area contributed by atoms with Crippen LogP contribution in [0.25, 0.3) is 0 Å². The normalized spacial score (nSPS) is 10.5. The Morgan fingerprint density at radius 1 is 1.18 bits per heavy atom. The number of pyridine rings is 1. The molecule has 2 aromatic heterocycles. The Balaban J connectivity index is 2.30. The summed E-state index contributed by atoms with van der Waals surface area (Å²) in [7, 11) is 0. The summed E-state index contributed by atoms with van der Waals surface area (Å²) in [6.45, 7) is 1.84. The van der Waals surface area contributed by atoms with Crippen molar-refractivity contribution in [3.8, 4) is 0 Å².